The van der Waals surface area contributed by atoms with Gasteiger partial charge in [-0.1, -0.05) is 30.3 Å². The van der Waals surface area contributed by atoms with Gasteiger partial charge >= 0.3 is 5.97 Å². The first-order valence-electron chi connectivity index (χ1n) is 6.29. The van der Waals surface area contributed by atoms with E-state index >= 15 is 0 Å². The van der Waals surface area contributed by atoms with Gasteiger partial charge in [-0.25, -0.2) is 0 Å². The molecule has 1 aromatic carbocycles. The van der Waals surface area contributed by atoms with Crippen LogP contribution in [0.2, 0.25) is 0 Å². The summed E-state index contributed by atoms with van der Waals surface area (Å²) in [6.45, 7) is 4.04. The molecule has 18 heavy (non-hydrogen) atoms. The van der Waals surface area contributed by atoms with Gasteiger partial charge in [0.15, 0.2) is 0 Å². The maximum atomic E-state index is 11.3. The molecule has 3 nitrogen and oxygen atoms in total. The Kier molecular flexibility index (Phi) is 5.35. The lowest BCUT2D eigenvalue weighted by Gasteiger charge is -2.23. The average Bonchev–Trinajstić information content (AvgIpc) is 2.35. The Hall–Kier alpha value is -1.35. The van der Waals surface area contributed by atoms with E-state index in [0.29, 0.717) is 6.42 Å². The molecule has 0 aromatic heterocycles. The third kappa shape index (κ3) is 4.49. The second-order valence-electron chi connectivity index (χ2n) is 5.16. The van der Waals surface area contributed by atoms with E-state index in [1.54, 1.807) is 7.11 Å². The molecule has 0 saturated heterocycles. The number of methoxy groups -OCH3 is 1. The molecule has 0 fully saturated rings. The van der Waals surface area contributed by atoms with Crippen LogP contribution >= 0.6 is 0 Å². The summed E-state index contributed by atoms with van der Waals surface area (Å²) in [5, 5.41) is 9.28. The second kappa shape index (κ2) is 6.55. The van der Waals surface area contributed by atoms with Gasteiger partial charge in [-0.2, -0.15) is 0 Å². The van der Waals surface area contributed by atoms with Crippen molar-refractivity contribution in [2.75, 3.05) is 7.11 Å². The maximum absolute atomic E-state index is 11.3. The normalized spacial score (nSPS) is 13.3. The zero-order valence-electron chi connectivity index (χ0n) is 11.3. The molecule has 0 heterocycles. The fraction of sp³-hybridized carbons (Fsp3) is 0.533. The number of hydrogen-bond acceptors (Lipinski definition) is 2. The largest absolute Gasteiger partial charge is 0.481 e. The zero-order valence-corrected chi connectivity index (χ0v) is 11.3. The zero-order chi connectivity index (χ0) is 13.6. The van der Waals surface area contributed by atoms with E-state index in [2.05, 4.69) is 0 Å². The van der Waals surface area contributed by atoms with Crippen LogP contribution in [0, 0.1) is 0 Å². The lowest BCUT2D eigenvalue weighted by Crippen LogP contribution is -2.22. The van der Waals surface area contributed by atoms with Gasteiger partial charge in [0.2, 0.25) is 0 Å². The number of carboxylic acid groups (broad SMARTS) is 1. The van der Waals surface area contributed by atoms with E-state index in [1.807, 2.05) is 44.2 Å². The summed E-state index contributed by atoms with van der Waals surface area (Å²) in [7, 11) is 1.69. The van der Waals surface area contributed by atoms with Gasteiger partial charge in [0.25, 0.3) is 0 Å². The Morgan fingerprint density at radius 3 is 2.44 bits per heavy atom. The Morgan fingerprint density at radius 1 is 1.33 bits per heavy atom. The summed E-state index contributed by atoms with van der Waals surface area (Å²) < 4.78 is 5.34. The van der Waals surface area contributed by atoms with Crippen LogP contribution in [0.25, 0.3) is 0 Å². The highest BCUT2D eigenvalue weighted by atomic mass is 16.5. The predicted octanol–water partition coefficient (Wildman–Crippen LogP) is 3.45. The summed E-state index contributed by atoms with van der Waals surface area (Å²) in [6, 6.07) is 9.41. The van der Waals surface area contributed by atoms with Crippen molar-refractivity contribution >= 4 is 5.97 Å². The highest BCUT2D eigenvalue weighted by Gasteiger charge is 2.22. The molecule has 100 valence electrons. The number of hydrogen-bond donors (Lipinski definition) is 1. The van der Waals surface area contributed by atoms with Crippen molar-refractivity contribution in [1.82, 2.24) is 0 Å². The van der Waals surface area contributed by atoms with Gasteiger partial charge in [-0.05, 0) is 38.7 Å². The molecule has 0 bridgehead atoms. The average molecular weight is 250 g/mol. The van der Waals surface area contributed by atoms with Crippen molar-refractivity contribution in [2.45, 2.75) is 44.6 Å². The number of carbonyl (C=O) groups is 1. The first kappa shape index (κ1) is 14.7. The molecule has 1 unspecified atom stereocenters. The minimum atomic E-state index is -0.753. The van der Waals surface area contributed by atoms with Crippen LogP contribution in [-0.2, 0) is 9.53 Å². The maximum Gasteiger partial charge on any atom is 0.310 e. The van der Waals surface area contributed by atoms with Gasteiger partial charge in [0.05, 0.1) is 11.5 Å². The van der Waals surface area contributed by atoms with Crippen LogP contribution in [0.5, 0.6) is 0 Å². The van der Waals surface area contributed by atoms with Crippen LogP contribution in [0.3, 0.4) is 0 Å². The standard InChI is InChI=1S/C15H22O3/c1-15(2,18-3)11-7-10-13(14(16)17)12-8-5-4-6-9-12/h4-6,8-9,13H,7,10-11H2,1-3H3,(H,16,17). The van der Waals surface area contributed by atoms with Gasteiger partial charge in [-0.15, -0.1) is 0 Å². The van der Waals surface area contributed by atoms with Crippen molar-refractivity contribution < 1.29 is 14.6 Å². The van der Waals surface area contributed by atoms with E-state index < -0.39 is 11.9 Å². The van der Waals surface area contributed by atoms with Crippen molar-refractivity contribution in [3.63, 3.8) is 0 Å². The van der Waals surface area contributed by atoms with E-state index in [9.17, 15) is 9.90 Å². The topological polar surface area (TPSA) is 46.5 Å². The quantitative estimate of drug-likeness (QED) is 0.806. The third-order valence-electron chi connectivity index (χ3n) is 3.32. The van der Waals surface area contributed by atoms with Crippen LogP contribution in [-0.4, -0.2) is 23.8 Å². The molecule has 3 heteroatoms. The molecule has 0 aliphatic carbocycles. The molecule has 0 radical (unpaired) electrons. The minimum absolute atomic E-state index is 0.181. The SMILES string of the molecule is COC(C)(C)CCCC(C(=O)O)c1ccccc1. The van der Waals surface area contributed by atoms with E-state index in [4.69, 9.17) is 4.74 Å². The van der Waals surface area contributed by atoms with Crippen LogP contribution in [0.15, 0.2) is 30.3 Å². The van der Waals surface area contributed by atoms with Crippen molar-refractivity contribution in [2.24, 2.45) is 0 Å². The fourth-order valence-electron chi connectivity index (χ4n) is 1.95. The highest BCUT2D eigenvalue weighted by molar-refractivity contribution is 5.75. The number of rotatable bonds is 7. The predicted molar refractivity (Wildman–Crippen MR) is 71.8 cm³/mol. The minimum Gasteiger partial charge on any atom is -0.481 e. The van der Waals surface area contributed by atoms with Gasteiger partial charge in [-0.3, -0.25) is 4.79 Å². The van der Waals surface area contributed by atoms with Crippen molar-refractivity contribution in [3.05, 3.63) is 35.9 Å². The first-order valence-corrected chi connectivity index (χ1v) is 6.29. The molecule has 1 aromatic rings. The van der Waals surface area contributed by atoms with Gasteiger partial charge in [0.1, 0.15) is 0 Å². The Bertz CT molecular complexity index is 371. The Morgan fingerprint density at radius 2 is 1.94 bits per heavy atom. The Labute approximate surface area is 109 Å². The van der Waals surface area contributed by atoms with Gasteiger partial charge in [0, 0.05) is 7.11 Å². The van der Waals surface area contributed by atoms with Crippen molar-refractivity contribution in [1.29, 1.82) is 0 Å². The molecule has 0 saturated carbocycles. The fourth-order valence-corrected chi connectivity index (χ4v) is 1.95. The van der Waals surface area contributed by atoms with Gasteiger partial charge < -0.3 is 9.84 Å². The third-order valence-corrected chi connectivity index (χ3v) is 3.32. The molecule has 0 amide bonds. The summed E-state index contributed by atoms with van der Waals surface area (Å²) in [4.78, 5) is 11.3. The number of ether oxygens (including phenoxy) is 1. The van der Waals surface area contributed by atoms with E-state index in [-0.39, 0.29) is 5.60 Å². The summed E-state index contributed by atoms with van der Waals surface area (Å²) >= 11 is 0. The number of aliphatic carboxylic acids is 1. The molecule has 1 atom stereocenters. The molecule has 0 spiro atoms. The second-order valence-corrected chi connectivity index (χ2v) is 5.16. The van der Waals surface area contributed by atoms with Crippen molar-refractivity contribution in [3.8, 4) is 0 Å². The first-order chi connectivity index (χ1) is 8.46. The molecule has 0 aliphatic rings. The monoisotopic (exact) mass is 250 g/mol. The van der Waals surface area contributed by atoms with E-state index in [1.165, 1.54) is 0 Å². The lowest BCUT2D eigenvalue weighted by molar-refractivity contribution is -0.139. The van der Waals surface area contributed by atoms with Crippen LogP contribution in [0.4, 0.5) is 0 Å². The summed E-state index contributed by atoms with van der Waals surface area (Å²) in [5.74, 6) is -1.17. The molecular formula is C15H22O3. The van der Waals surface area contributed by atoms with E-state index in [0.717, 1.165) is 18.4 Å². The molecule has 1 rings (SSSR count). The Balaban J connectivity index is 2.58. The summed E-state index contributed by atoms with van der Waals surface area (Å²) in [6.07, 6.45) is 2.35. The molecular weight excluding hydrogens is 228 g/mol. The highest BCUT2D eigenvalue weighted by Crippen LogP contribution is 2.25. The molecule has 0 aliphatic heterocycles. The lowest BCUT2D eigenvalue weighted by atomic mass is 9.91. The smallest absolute Gasteiger partial charge is 0.310 e. The summed E-state index contributed by atoms with van der Waals surface area (Å²) in [5.41, 5.74) is 0.694. The van der Waals surface area contributed by atoms with Crippen LogP contribution in [0.1, 0.15) is 44.6 Å². The number of carboxylic acids is 1. The number of benzene rings is 1. The molecule has 1 N–H and O–H groups in total. The van der Waals surface area contributed by atoms with Crippen LogP contribution < -0.4 is 0 Å².